The molecule has 1 aromatic carbocycles. The van der Waals surface area contributed by atoms with Crippen LogP contribution in [0.5, 0.6) is 0 Å². The van der Waals surface area contributed by atoms with Crippen LogP contribution in [0.15, 0.2) is 30.5 Å². The molecule has 14 heavy (non-hydrogen) atoms. The molecule has 0 aliphatic carbocycles. The molecule has 0 atom stereocenters. The van der Waals surface area contributed by atoms with Gasteiger partial charge in [0.05, 0.1) is 11.7 Å². The van der Waals surface area contributed by atoms with E-state index in [2.05, 4.69) is 23.2 Å². The van der Waals surface area contributed by atoms with Crippen molar-refractivity contribution in [1.82, 2.24) is 10.2 Å². The fraction of sp³-hybridized carbons (Fsp3) is 0.333. The molecule has 0 radical (unpaired) electrons. The second-order valence-corrected chi connectivity index (χ2v) is 2.74. The lowest BCUT2D eigenvalue weighted by Gasteiger charge is -2.00. The smallest absolute Gasteiger partial charge is 0.0932 e. The molecule has 0 N–H and O–H groups in total. The maximum atomic E-state index is 4.04. The Balaban J connectivity index is 0.000000461. The molecule has 2 aromatic rings. The Morgan fingerprint density at radius 3 is 2.57 bits per heavy atom. The quantitative estimate of drug-likeness (QED) is 0.686. The Morgan fingerprint density at radius 1 is 1.14 bits per heavy atom. The van der Waals surface area contributed by atoms with Crippen molar-refractivity contribution in [3.8, 4) is 0 Å². The van der Waals surface area contributed by atoms with Crippen LogP contribution >= 0.6 is 0 Å². The van der Waals surface area contributed by atoms with Crippen LogP contribution in [0.4, 0.5) is 0 Å². The standard InChI is InChI=1S/C10H10N2.C2H6/c1-2-8-7-11-12-10-6-4-3-5-9(8)10;1-2/h3-7H,2H2,1H3;1-2H3. The summed E-state index contributed by atoms with van der Waals surface area (Å²) >= 11 is 0. The molecule has 74 valence electrons. The third-order valence-electron chi connectivity index (χ3n) is 2.01. The Labute approximate surface area is 85.0 Å². The first-order valence-corrected chi connectivity index (χ1v) is 5.11. The number of hydrogen-bond donors (Lipinski definition) is 0. The Morgan fingerprint density at radius 2 is 1.86 bits per heavy atom. The monoisotopic (exact) mass is 188 g/mol. The van der Waals surface area contributed by atoms with Gasteiger partial charge < -0.3 is 0 Å². The lowest BCUT2D eigenvalue weighted by atomic mass is 10.1. The van der Waals surface area contributed by atoms with Gasteiger partial charge in [-0.25, -0.2) is 0 Å². The van der Waals surface area contributed by atoms with Crippen molar-refractivity contribution in [2.45, 2.75) is 27.2 Å². The first-order valence-electron chi connectivity index (χ1n) is 5.11. The average Bonchev–Trinajstić information content (AvgIpc) is 2.31. The van der Waals surface area contributed by atoms with Crippen molar-refractivity contribution in [2.75, 3.05) is 0 Å². The Hall–Kier alpha value is -1.44. The van der Waals surface area contributed by atoms with Crippen molar-refractivity contribution in [3.63, 3.8) is 0 Å². The van der Waals surface area contributed by atoms with Gasteiger partial charge in [-0.05, 0) is 18.1 Å². The SMILES string of the molecule is CC.CCc1cnnc2ccccc12. The zero-order valence-corrected chi connectivity index (χ0v) is 8.99. The van der Waals surface area contributed by atoms with Gasteiger partial charge in [0.1, 0.15) is 0 Å². The Bertz CT molecular complexity index is 391. The molecule has 2 heteroatoms. The summed E-state index contributed by atoms with van der Waals surface area (Å²) in [6.07, 6.45) is 2.85. The highest BCUT2D eigenvalue weighted by Crippen LogP contribution is 2.14. The van der Waals surface area contributed by atoms with Crippen LogP contribution in [0, 0.1) is 0 Å². The van der Waals surface area contributed by atoms with Crippen molar-refractivity contribution < 1.29 is 0 Å². The molecule has 2 rings (SSSR count). The zero-order chi connectivity index (χ0) is 10.4. The van der Waals surface area contributed by atoms with E-state index in [1.807, 2.05) is 38.2 Å². The fourth-order valence-electron chi connectivity index (χ4n) is 1.34. The highest BCUT2D eigenvalue weighted by Gasteiger charge is 1.98. The molecule has 2 nitrogen and oxygen atoms in total. The molecule has 0 bridgehead atoms. The number of rotatable bonds is 1. The molecule has 1 aromatic heterocycles. The van der Waals surface area contributed by atoms with Crippen LogP contribution in [0.25, 0.3) is 10.9 Å². The largest absolute Gasteiger partial charge is 0.158 e. The van der Waals surface area contributed by atoms with Gasteiger partial charge in [-0.1, -0.05) is 39.0 Å². The first kappa shape index (κ1) is 10.6. The fourth-order valence-corrected chi connectivity index (χ4v) is 1.34. The Kier molecular flexibility index (Phi) is 4.05. The number of fused-ring (bicyclic) bond motifs is 1. The second-order valence-electron chi connectivity index (χ2n) is 2.74. The average molecular weight is 188 g/mol. The van der Waals surface area contributed by atoms with Gasteiger partial charge in [0.25, 0.3) is 0 Å². The summed E-state index contributed by atoms with van der Waals surface area (Å²) in [7, 11) is 0. The zero-order valence-electron chi connectivity index (χ0n) is 8.99. The minimum Gasteiger partial charge on any atom is -0.158 e. The number of aromatic nitrogens is 2. The van der Waals surface area contributed by atoms with Gasteiger partial charge in [0.15, 0.2) is 0 Å². The summed E-state index contributed by atoms with van der Waals surface area (Å²) in [6.45, 7) is 6.13. The normalized spacial score (nSPS) is 9.36. The molecule has 0 unspecified atom stereocenters. The summed E-state index contributed by atoms with van der Waals surface area (Å²) in [5.74, 6) is 0. The lowest BCUT2D eigenvalue weighted by molar-refractivity contribution is 1.03. The summed E-state index contributed by atoms with van der Waals surface area (Å²) in [6, 6.07) is 8.09. The second kappa shape index (κ2) is 5.32. The van der Waals surface area contributed by atoms with Crippen LogP contribution in [-0.4, -0.2) is 10.2 Å². The van der Waals surface area contributed by atoms with E-state index in [1.165, 1.54) is 10.9 Å². The molecule has 0 saturated heterocycles. The van der Waals surface area contributed by atoms with Gasteiger partial charge in [-0.15, -0.1) is 0 Å². The van der Waals surface area contributed by atoms with Crippen LogP contribution in [0.3, 0.4) is 0 Å². The van der Waals surface area contributed by atoms with E-state index in [9.17, 15) is 0 Å². The summed E-state index contributed by atoms with van der Waals surface area (Å²) in [4.78, 5) is 0. The van der Waals surface area contributed by atoms with Crippen LogP contribution in [0.2, 0.25) is 0 Å². The number of hydrogen-bond acceptors (Lipinski definition) is 2. The van der Waals surface area contributed by atoms with E-state index < -0.39 is 0 Å². The van der Waals surface area contributed by atoms with Gasteiger partial charge in [-0.2, -0.15) is 10.2 Å². The molecule has 1 heterocycles. The topological polar surface area (TPSA) is 25.8 Å². The highest BCUT2D eigenvalue weighted by molar-refractivity contribution is 5.81. The van der Waals surface area contributed by atoms with Crippen molar-refractivity contribution in [1.29, 1.82) is 0 Å². The van der Waals surface area contributed by atoms with Crippen LogP contribution in [-0.2, 0) is 6.42 Å². The minimum atomic E-state index is 0.983. The molecule has 0 aliphatic heterocycles. The van der Waals surface area contributed by atoms with Crippen LogP contribution < -0.4 is 0 Å². The molecular weight excluding hydrogens is 172 g/mol. The summed E-state index contributed by atoms with van der Waals surface area (Å²) in [5, 5.41) is 9.19. The minimum absolute atomic E-state index is 0.983. The molecule has 0 fully saturated rings. The van der Waals surface area contributed by atoms with Crippen molar-refractivity contribution >= 4 is 10.9 Å². The van der Waals surface area contributed by atoms with E-state index in [0.29, 0.717) is 0 Å². The molecule has 0 amide bonds. The highest BCUT2D eigenvalue weighted by atomic mass is 15.1. The van der Waals surface area contributed by atoms with Gasteiger partial charge in [-0.3, -0.25) is 0 Å². The number of aryl methyl sites for hydroxylation is 1. The van der Waals surface area contributed by atoms with E-state index in [0.717, 1.165) is 11.9 Å². The molecule has 0 spiro atoms. The first-order chi connectivity index (χ1) is 6.92. The third kappa shape index (κ3) is 2.08. The number of benzene rings is 1. The van der Waals surface area contributed by atoms with E-state index in [1.54, 1.807) is 0 Å². The predicted octanol–water partition coefficient (Wildman–Crippen LogP) is 3.22. The van der Waals surface area contributed by atoms with E-state index in [4.69, 9.17) is 0 Å². The molecule has 0 aliphatic rings. The van der Waals surface area contributed by atoms with Gasteiger partial charge in [0.2, 0.25) is 0 Å². The molecule has 0 saturated carbocycles. The van der Waals surface area contributed by atoms with E-state index in [-0.39, 0.29) is 0 Å². The van der Waals surface area contributed by atoms with E-state index >= 15 is 0 Å². The van der Waals surface area contributed by atoms with Gasteiger partial charge in [0, 0.05) is 5.39 Å². The predicted molar refractivity (Wildman–Crippen MR) is 60.3 cm³/mol. The molecular formula is C12H16N2. The summed E-state index contributed by atoms with van der Waals surface area (Å²) < 4.78 is 0. The number of nitrogens with zero attached hydrogens (tertiary/aromatic N) is 2. The summed E-state index contributed by atoms with van der Waals surface area (Å²) in [5.41, 5.74) is 2.25. The van der Waals surface area contributed by atoms with Crippen molar-refractivity contribution in [2.24, 2.45) is 0 Å². The third-order valence-corrected chi connectivity index (χ3v) is 2.01. The lowest BCUT2D eigenvalue weighted by Crippen LogP contribution is -1.89. The maximum Gasteiger partial charge on any atom is 0.0932 e. The van der Waals surface area contributed by atoms with Crippen LogP contribution in [0.1, 0.15) is 26.3 Å². The maximum absolute atomic E-state index is 4.04. The van der Waals surface area contributed by atoms with Gasteiger partial charge >= 0.3 is 0 Å². The van der Waals surface area contributed by atoms with Crippen molar-refractivity contribution in [3.05, 3.63) is 36.0 Å².